The zero-order chi connectivity index (χ0) is 22.1. The van der Waals surface area contributed by atoms with Gasteiger partial charge < -0.3 is 4.90 Å². The van der Waals surface area contributed by atoms with E-state index in [1.807, 2.05) is 35.2 Å². The molecule has 3 aromatic rings. The monoisotopic (exact) mass is 469 g/mol. The second kappa shape index (κ2) is 8.92. The molecular weight excluding hydrogens is 442 g/mol. The maximum absolute atomic E-state index is 12.9. The number of amides is 1. The average molecular weight is 470 g/mol. The summed E-state index contributed by atoms with van der Waals surface area (Å²) in [5.74, 6) is -0.0279. The van der Waals surface area contributed by atoms with Crippen molar-refractivity contribution in [3.05, 3.63) is 58.6 Å². The second-order valence-corrected chi connectivity index (χ2v) is 11.4. The van der Waals surface area contributed by atoms with Crippen molar-refractivity contribution >= 4 is 37.5 Å². The van der Waals surface area contributed by atoms with Crippen LogP contribution in [-0.4, -0.2) is 37.3 Å². The zero-order valence-corrected chi connectivity index (χ0v) is 19.6. The number of thiazole rings is 1. The lowest BCUT2D eigenvalue weighted by molar-refractivity contribution is -0.131. The van der Waals surface area contributed by atoms with Crippen LogP contribution in [0.3, 0.4) is 0 Å². The van der Waals surface area contributed by atoms with Gasteiger partial charge in [0, 0.05) is 19.5 Å². The minimum atomic E-state index is -3.63. The molecule has 6 nitrogen and oxygen atoms in total. The third kappa shape index (κ3) is 4.31. The van der Waals surface area contributed by atoms with Crippen molar-refractivity contribution in [2.75, 3.05) is 13.1 Å². The molecule has 0 unspecified atom stereocenters. The average Bonchev–Trinajstić information content (AvgIpc) is 3.45. The summed E-state index contributed by atoms with van der Waals surface area (Å²) in [6.07, 6.45) is 6.19. The number of rotatable bonds is 6. The summed E-state index contributed by atoms with van der Waals surface area (Å²) in [5, 5.41) is 0.965. The van der Waals surface area contributed by atoms with E-state index in [9.17, 15) is 13.2 Å². The number of nitrogens with zero attached hydrogens (tertiary/aromatic N) is 2. The van der Waals surface area contributed by atoms with Gasteiger partial charge in [0.15, 0.2) is 0 Å². The van der Waals surface area contributed by atoms with Gasteiger partial charge in [0.2, 0.25) is 15.9 Å². The largest absolute Gasteiger partial charge is 0.333 e. The minimum absolute atomic E-state index is 0.0165. The third-order valence-corrected chi connectivity index (χ3v) is 9.03. The number of likely N-dealkylation sites (tertiary alicyclic amines) is 1. The summed E-state index contributed by atoms with van der Waals surface area (Å²) < 4.78 is 29.3. The van der Waals surface area contributed by atoms with Gasteiger partial charge in [0.1, 0.15) is 5.01 Å². The molecular formula is C24H27N3O3S2. The first-order valence-electron chi connectivity index (χ1n) is 11.3. The first kappa shape index (κ1) is 21.6. The van der Waals surface area contributed by atoms with Gasteiger partial charge in [-0.25, -0.2) is 18.1 Å². The van der Waals surface area contributed by atoms with Crippen LogP contribution in [0, 0.1) is 0 Å². The fourth-order valence-corrected chi connectivity index (χ4v) is 6.95. The molecule has 1 amide bonds. The number of fused-ring (bicyclic) bond motifs is 2. The van der Waals surface area contributed by atoms with Crippen LogP contribution in [0.25, 0.3) is 10.2 Å². The van der Waals surface area contributed by atoms with Gasteiger partial charge >= 0.3 is 0 Å². The zero-order valence-electron chi connectivity index (χ0n) is 17.9. The molecule has 32 heavy (non-hydrogen) atoms. The molecule has 0 spiro atoms. The topological polar surface area (TPSA) is 79.4 Å². The third-order valence-electron chi connectivity index (χ3n) is 6.43. The Kier molecular flexibility index (Phi) is 6.01. The van der Waals surface area contributed by atoms with Crippen LogP contribution < -0.4 is 4.72 Å². The molecule has 1 aliphatic carbocycles. The Bertz CT molecular complexity index is 1220. The summed E-state index contributed by atoms with van der Waals surface area (Å²) in [6.45, 7) is 0.790. The molecule has 2 heterocycles. The van der Waals surface area contributed by atoms with Gasteiger partial charge in [-0.2, -0.15) is 0 Å². The number of hydrogen-bond donors (Lipinski definition) is 1. The van der Waals surface area contributed by atoms with Crippen molar-refractivity contribution in [2.45, 2.75) is 55.9 Å². The molecule has 1 N–H and O–H groups in total. The molecule has 168 valence electrons. The molecule has 5 rings (SSSR count). The van der Waals surface area contributed by atoms with Gasteiger partial charge in [0.05, 0.1) is 21.2 Å². The highest BCUT2D eigenvalue weighted by Gasteiger charge is 2.32. The highest BCUT2D eigenvalue weighted by molar-refractivity contribution is 7.89. The molecule has 1 atom stereocenters. The molecule has 1 aromatic heterocycles. The van der Waals surface area contributed by atoms with Crippen LogP contribution in [0.1, 0.15) is 54.3 Å². The maximum atomic E-state index is 12.9. The van der Waals surface area contributed by atoms with Crippen LogP contribution >= 0.6 is 11.3 Å². The van der Waals surface area contributed by atoms with E-state index in [2.05, 4.69) is 4.72 Å². The van der Waals surface area contributed by atoms with Crippen LogP contribution in [0.2, 0.25) is 0 Å². The van der Waals surface area contributed by atoms with Crippen LogP contribution in [0.15, 0.2) is 47.4 Å². The maximum Gasteiger partial charge on any atom is 0.240 e. The molecule has 2 aromatic carbocycles. The van der Waals surface area contributed by atoms with E-state index in [-0.39, 0.29) is 24.9 Å². The van der Waals surface area contributed by atoms with E-state index in [0.29, 0.717) is 11.4 Å². The molecule has 0 radical (unpaired) electrons. The van der Waals surface area contributed by atoms with E-state index in [4.69, 9.17) is 4.98 Å². The first-order valence-corrected chi connectivity index (χ1v) is 13.6. The van der Waals surface area contributed by atoms with Gasteiger partial charge in [-0.05, 0) is 73.9 Å². The molecule has 1 fully saturated rings. The fourth-order valence-electron chi connectivity index (χ4n) is 4.75. The van der Waals surface area contributed by atoms with Gasteiger partial charge in [-0.3, -0.25) is 4.79 Å². The highest BCUT2D eigenvalue weighted by atomic mass is 32.2. The fraction of sp³-hybridized carbons (Fsp3) is 0.417. The SMILES string of the molecule is O=C(CCNS(=O)(=O)c1ccc2c(c1)CCCC2)N1CCC[C@@H]1c1nc2ccccc2s1. The lowest BCUT2D eigenvalue weighted by Crippen LogP contribution is -2.34. The Labute approximate surface area is 192 Å². The van der Waals surface area contributed by atoms with Crippen molar-refractivity contribution in [1.82, 2.24) is 14.6 Å². The number of para-hydroxylation sites is 1. The van der Waals surface area contributed by atoms with Crippen LogP contribution in [-0.2, 0) is 27.7 Å². The van der Waals surface area contributed by atoms with Gasteiger partial charge in [-0.15, -0.1) is 11.3 Å². The number of benzene rings is 2. The quantitative estimate of drug-likeness (QED) is 0.587. The molecule has 1 aliphatic heterocycles. The van der Waals surface area contributed by atoms with Gasteiger partial charge in [-0.1, -0.05) is 18.2 Å². The van der Waals surface area contributed by atoms with E-state index in [0.717, 1.165) is 59.3 Å². The number of sulfonamides is 1. The number of carbonyl (C=O) groups excluding carboxylic acids is 1. The Morgan fingerprint density at radius 1 is 1.09 bits per heavy atom. The number of carbonyl (C=O) groups is 1. The highest BCUT2D eigenvalue weighted by Crippen LogP contribution is 2.36. The normalized spacial score (nSPS) is 18.8. The summed E-state index contributed by atoms with van der Waals surface area (Å²) in [7, 11) is -3.63. The Morgan fingerprint density at radius 2 is 1.91 bits per heavy atom. The lowest BCUT2D eigenvalue weighted by Gasteiger charge is -2.23. The molecule has 1 saturated heterocycles. The number of aryl methyl sites for hydroxylation is 2. The van der Waals surface area contributed by atoms with Crippen molar-refractivity contribution in [2.24, 2.45) is 0 Å². The van der Waals surface area contributed by atoms with E-state index in [1.54, 1.807) is 23.5 Å². The Hall–Kier alpha value is -2.29. The van der Waals surface area contributed by atoms with Crippen LogP contribution in [0.4, 0.5) is 0 Å². The Balaban J connectivity index is 1.22. The number of aromatic nitrogens is 1. The summed E-state index contributed by atoms with van der Waals surface area (Å²) in [4.78, 5) is 19.8. The molecule has 0 saturated carbocycles. The van der Waals surface area contributed by atoms with Crippen molar-refractivity contribution < 1.29 is 13.2 Å². The van der Waals surface area contributed by atoms with Crippen molar-refractivity contribution in [3.63, 3.8) is 0 Å². The Morgan fingerprint density at radius 3 is 2.75 bits per heavy atom. The molecule has 8 heteroatoms. The first-order chi connectivity index (χ1) is 15.5. The van der Waals surface area contributed by atoms with E-state index >= 15 is 0 Å². The van der Waals surface area contributed by atoms with Crippen molar-refractivity contribution in [1.29, 1.82) is 0 Å². The lowest BCUT2D eigenvalue weighted by atomic mass is 9.92. The number of nitrogens with one attached hydrogen (secondary N) is 1. The van der Waals surface area contributed by atoms with Gasteiger partial charge in [0.25, 0.3) is 0 Å². The predicted octanol–water partition coefficient (Wildman–Crippen LogP) is 4.21. The van der Waals surface area contributed by atoms with Crippen molar-refractivity contribution in [3.8, 4) is 0 Å². The summed E-state index contributed by atoms with van der Waals surface area (Å²) in [5.41, 5.74) is 3.34. The minimum Gasteiger partial charge on any atom is -0.333 e. The van der Waals surface area contributed by atoms with E-state index < -0.39 is 10.0 Å². The number of hydrogen-bond acceptors (Lipinski definition) is 5. The standard InChI is InChI=1S/C24H27N3O3S2/c28-23(27-15-5-9-21(27)24-26-20-8-3-4-10-22(20)31-24)13-14-25-32(29,30)19-12-11-17-6-1-2-7-18(17)16-19/h3-4,8,10-12,16,21,25H,1-2,5-7,9,13-15H2/t21-/m1/s1. The predicted molar refractivity (Wildman–Crippen MR) is 126 cm³/mol. The molecule has 2 aliphatic rings. The second-order valence-electron chi connectivity index (χ2n) is 8.55. The van der Waals surface area contributed by atoms with Crippen LogP contribution in [0.5, 0.6) is 0 Å². The van der Waals surface area contributed by atoms with E-state index in [1.165, 1.54) is 5.56 Å². The summed E-state index contributed by atoms with van der Waals surface area (Å²) in [6, 6.07) is 13.4. The smallest absolute Gasteiger partial charge is 0.240 e. The molecule has 0 bridgehead atoms. The summed E-state index contributed by atoms with van der Waals surface area (Å²) >= 11 is 1.64.